The summed E-state index contributed by atoms with van der Waals surface area (Å²) >= 11 is 5.75. The minimum Gasteiger partial charge on any atom is -0.507 e. The fourth-order valence-electron chi connectivity index (χ4n) is 1.72. The second-order valence-electron chi connectivity index (χ2n) is 4.12. The number of carboxylic acids is 1. The minimum absolute atomic E-state index is 0.0764. The van der Waals surface area contributed by atoms with Crippen molar-refractivity contribution in [3.63, 3.8) is 0 Å². The number of phenolic OH excluding ortho intramolecular Hbond substituents is 1. The SMILES string of the molecule is O=C(O)c1cc(Cl)cc(NC(=O)c2c(O)cccc2F)c1. The highest BCUT2D eigenvalue weighted by molar-refractivity contribution is 6.31. The second kappa shape index (κ2) is 5.80. The van der Waals surface area contributed by atoms with Crippen LogP contribution in [0.3, 0.4) is 0 Å². The van der Waals surface area contributed by atoms with Crippen molar-refractivity contribution >= 4 is 29.2 Å². The quantitative estimate of drug-likeness (QED) is 0.813. The lowest BCUT2D eigenvalue weighted by atomic mass is 10.1. The van der Waals surface area contributed by atoms with E-state index in [2.05, 4.69) is 5.32 Å². The van der Waals surface area contributed by atoms with Crippen molar-refractivity contribution < 1.29 is 24.2 Å². The van der Waals surface area contributed by atoms with E-state index in [0.717, 1.165) is 6.07 Å². The van der Waals surface area contributed by atoms with Gasteiger partial charge >= 0.3 is 5.97 Å². The lowest BCUT2D eigenvalue weighted by Crippen LogP contribution is -2.14. The zero-order chi connectivity index (χ0) is 15.6. The van der Waals surface area contributed by atoms with Crippen LogP contribution in [0.1, 0.15) is 20.7 Å². The standard InChI is InChI=1S/C14H9ClFNO4/c15-8-4-7(14(20)21)5-9(6-8)17-13(19)12-10(16)2-1-3-11(12)18/h1-6,18H,(H,17,19)(H,20,21). The van der Waals surface area contributed by atoms with Gasteiger partial charge in [0.25, 0.3) is 5.91 Å². The number of hydrogen-bond acceptors (Lipinski definition) is 3. The summed E-state index contributed by atoms with van der Waals surface area (Å²) < 4.78 is 13.5. The fraction of sp³-hybridized carbons (Fsp3) is 0. The van der Waals surface area contributed by atoms with Crippen molar-refractivity contribution in [2.24, 2.45) is 0 Å². The van der Waals surface area contributed by atoms with Gasteiger partial charge in [0.1, 0.15) is 17.1 Å². The van der Waals surface area contributed by atoms with Gasteiger partial charge in [0.15, 0.2) is 0 Å². The van der Waals surface area contributed by atoms with Gasteiger partial charge in [-0.15, -0.1) is 0 Å². The number of aromatic hydroxyl groups is 1. The Morgan fingerprint density at radius 3 is 2.52 bits per heavy atom. The van der Waals surface area contributed by atoms with E-state index in [1.54, 1.807) is 0 Å². The van der Waals surface area contributed by atoms with Gasteiger partial charge in [-0.2, -0.15) is 0 Å². The van der Waals surface area contributed by atoms with Crippen molar-refractivity contribution in [1.29, 1.82) is 0 Å². The molecule has 0 aromatic heterocycles. The minimum atomic E-state index is -1.22. The number of nitrogens with one attached hydrogen (secondary N) is 1. The third kappa shape index (κ3) is 3.29. The molecule has 2 aromatic rings. The third-order valence-corrected chi connectivity index (χ3v) is 2.84. The fourth-order valence-corrected chi connectivity index (χ4v) is 1.95. The second-order valence-corrected chi connectivity index (χ2v) is 4.56. The molecule has 0 heterocycles. The molecule has 21 heavy (non-hydrogen) atoms. The van der Waals surface area contributed by atoms with Crippen LogP contribution >= 0.6 is 11.6 Å². The number of hydrogen-bond donors (Lipinski definition) is 3. The van der Waals surface area contributed by atoms with Gasteiger partial charge in [-0.1, -0.05) is 17.7 Å². The van der Waals surface area contributed by atoms with Crippen LogP contribution < -0.4 is 5.32 Å². The number of carbonyl (C=O) groups is 2. The number of carboxylic acid groups (broad SMARTS) is 1. The highest BCUT2D eigenvalue weighted by Crippen LogP contribution is 2.23. The Balaban J connectivity index is 2.34. The topological polar surface area (TPSA) is 86.6 Å². The Bertz CT molecular complexity index is 713. The molecular formula is C14H9ClFNO4. The average molecular weight is 310 g/mol. The van der Waals surface area contributed by atoms with E-state index in [9.17, 15) is 19.1 Å². The molecular weight excluding hydrogens is 301 g/mol. The zero-order valence-corrected chi connectivity index (χ0v) is 11.2. The van der Waals surface area contributed by atoms with E-state index < -0.39 is 29.0 Å². The van der Waals surface area contributed by atoms with Crippen LogP contribution in [0.5, 0.6) is 5.75 Å². The van der Waals surface area contributed by atoms with E-state index in [4.69, 9.17) is 16.7 Å². The molecule has 5 nitrogen and oxygen atoms in total. The largest absolute Gasteiger partial charge is 0.507 e. The Morgan fingerprint density at radius 1 is 1.19 bits per heavy atom. The normalized spacial score (nSPS) is 10.2. The van der Waals surface area contributed by atoms with Crippen LogP contribution in [0.4, 0.5) is 10.1 Å². The molecule has 108 valence electrons. The molecule has 0 fully saturated rings. The van der Waals surface area contributed by atoms with Gasteiger partial charge in [-0.05, 0) is 30.3 Å². The van der Waals surface area contributed by atoms with Crippen LogP contribution in [0.15, 0.2) is 36.4 Å². The Hall–Kier alpha value is -2.60. The molecule has 0 aliphatic carbocycles. The van der Waals surface area contributed by atoms with Crippen molar-refractivity contribution in [3.05, 3.63) is 58.4 Å². The molecule has 2 aromatic carbocycles. The number of aromatic carboxylic acids is 1. The van der Waals surface area contributed by atoms with Crippen LogP contribution in [0.2, 0.25) is 5.02 Å². The molecule has 0 aliphatic heterocycles. The highest BCUT2D eigenvalue weighted by atomic mass is 35.5. The van der Waals surface area contributed by atoms with E-state index >= 15 is 0 Å². The maximum atomic E-state index is 13.5. The van der Waals surface area contributed by atoms with Gasteiger partial charge in [0.05, 0.1) is 5.56 Å². The van der Waals surface area contributed by atoms with Crippen LogP contribution in [0, 0.1) is 5.82 Å². The predicted octanol–water partition coefficient (Wildman–Crippen LogP) is 3.14. The lowest BCUT2D eigenvalue weighted by Gasteiger charge is -2.09. The van der Waals surface area contributed by atoms with E-state index in [1.165, 1.54) is 30.3 Å². The maximum Gasteiger partial charge on any atom is 0.335 e. The first kappa shape index (κ1) is 14.8. The molecule has 0 aliphatic rings. The van der Waals surface area contributed by atoms with Gasteiger partial charge in [0.2, 0.25) is 0 Å². The number of anilines is 1. The van der Waals surface area contributed by atoms with Crippen molar-refractivity contribution in [2.45, 2.75) is 0 Å². The summed E-state index contributed by atoms with van der Waals surface area (Å²) in [6.45, 7) is 0. The maximum absolute atomic E-state index is 13.5. The number of halogens is 2. The molecule has 0 unspecified atom stereocenters. The average Bonchev–Trinajstić information content (AvgIpc) is 2.37. The molecule has 0 radical (unpaired) electrons. The van der Waals surface area contributed by atoms with Crippen LogP contribution in [0.25, 0.3) is 0 Å². The van der Waals surface area contributed by atoms with Crippen molar-refractivity contribution in [3.8, 4) is 5.75 Å². The molecule has 0 spiro atoms. The van der Waals surface area contributed by atoms with E-state index in [1.807, 2.05) is 0 Å². The van der Waals surface area contributed by atoms with E-state index in [-0.39, 0.29) is 16.3 Å². The third-order valence-electron chi connectivity index (χ3n) is 2.62. The summed E-state index contributed by atoms with van der Waals surface area (Å²) in [6, 6.07) is 7.13. The molecule has 7 heteroatoms. The first-order valence-corrected chi connectivity index (χ1v) is 6.09. The van der Waals surface area contributed by atoms with Gasteiger partial charge in [0, 0.05) is 10.7 Å². The summed E-state index contributed by atoms with van der Waals surface area (Å²) in [4.78, 5) is 22.8. The number of rotatable bonds is 3. The highest BCUT2D eigenvalue weighted by Gasteiger charge is 2.17. The van der Waals surface area contributed by atoms with Crippen molar-refractivity contribution in [1.82, 2.24) is 0 Å². The molecule has 3 N–H and O–H groups in total. The molecule has 0 saturated carbocycles. The lowest BCUT2D eigenvalue weighted by molar-refractivity contribution is 0.0696. The molecule has 1 amide bonds. The molecule has 0 atom stereocenters. The number of amides is 1. The predicted molar refractivity (Wildman–Crippen MR) is 74.4 cm³/mol. The Labute approximate surface area is 123 Å². The summed E-state index contributed by atoms with van der Waals surface area (Å²) in [5.74, 6) is -3.55. The Kier molecular flexibility index (Phi) is 4.09. The molecule has 2 rings (SSSR count). The number of phenols is 1. The van der Waals surface area contributed by atoms with Crippen LogP contribution in [-0.4, -0.2) is 22.1 Å². The van der Waals surface area contributed by atoms with Gasteiger partial charge in [-0.25, -0.2) is 9.18 Å². The summed E-state index contributed by atoms with van der Waals surface area (Å²) in [5.41, 5.74) is -0.586. The first-order chi connectivity index (χ1) is 9.88. The number of benzene rings is 2. The number of carbonyl (C=O) groups excluding carboxylic acids is 1. The van der Waals surface area contributed by atoms with Gasteiger partial charge in [-0.3, -0.25) is 4.79 Å². The van der Waals surface area contributed by atoms with Gasteiger partial charge < -0.3 is 15.5 Å². The van der Waals surface area contributed by atoms with E-state index in [0.29, 0.717) is 0 Å². The van der Waals surface area contributed by atoms with Crippen LogP contribution in [-0.2, 0) is 0 Å². The summed E-state index contributed by atoms with van der Waals surface area (Å²) in [7, 11) is 0. The first-order valence-electron chi connectivity index (χ1n) is 5.71. The Morgan fingerprint density at radius 2 is 1.90 bits per heavy atom. The van der Waals surface area contributed by atoms with Crippen molar-refractivity contribution in [2.75, 3.05) is 5.32 Å². The smallest absolute Gasteiger partial charge is 0.335 e. The zero-order valence-electron chi connectivity index (χ0n) is 10.4. The monoisotopic (exact) mass is 309 g/mol. The summed E-state index contributed by atoms with van der Waals surface area (Å²) in [5, 5.41) is 20.8. The summed E-state index contributed by atoms with van der Waals surface area (Å²) in [6.07, 6.45) is 0. The molecule has 0 saturated heterocycles. The molecule has 0 bridgehead atoms.